The first-order valence-electron chi connectivity index (χ1n) is 7.25. The van der Waals surface area contributed by atoms with Crippen LogP contribution in [0.3, 0.4) is 0 Å². The van der Waals surface area contributed by atoms with E-state index < -0.39 is 4.92 Å². The second kappa shape index (κ2) is 6.55. The summed E-state index contributed by atoms with van der Waals surface area (Å²) in [6, 6.07) is 15.4. The van der Waals surface area contributed by atoms with Gasteiger partial charge in [0.15, 0.2) is 0 Å². The molecule has 118 valence electrons. The molecule has 1 heterocycles. The van der Waals surface area contributed by atoms with Crippen LogP contribution in [0.4, 0.5) is 11.4 Å². The van der Waals surface area contributed by atoms with Gasteiger partial charge in [0.1, 0.15) is 6.04 Å². The molecular weight excluding hydrogens is 296 g/mol. The Morgan fingerprint density at radius 2 is 1.78 bits per heavy atom. The van der Waals surface area contributed by atoms with E-state index in [2.05, 4.69) is 16.2 Å². The van der Waals surface area contributed by atoms with Crippen LogP contribution >= 0.6 is 0 Å². The Hall–Kier alpha value is -2.77. The SMILES string of the molecule is O=C(Nc1ccc([N+](=O)[O-])cc1)C1CC(c2ccccc2)NN1. The Balaban J connectivity index is 1.60. The van der Waals surface area contributed by atoms with Gasteiger partial charge in [-0.2, -0.15) is 0 Å². The topological polar surface area (TPSA) is 96.3 Å². The van der Waals surface area contributed by atoms with Gasteiger partial charge in [0, 0.05) is 23.9 Å². The first-order valence-corrected chi connectivity index (χ1v) is 7.25. The Morgan fingerprint density at radius 1 is 1.09 bits per heavy atom. The van der Waals surface area contributed by atoms with E-state index in [9.17, 15) is 14.9 Å². The number of nitro benzene ring substituents is 1. The molecule has 1 aliphatic heterocycles. The normalized spacial score (nSPS) is 20.2. The molecule has 0 spiro atoms. The summed E-state index contributed by atoms with van der Waals surface area (Å²) in [5.74, 6) is -0.176. The molecule has 7 nitrogen and oxygen atoms in total. The smallest absolute Gasteiger partial charge is 0.269 e. The van der Waals surface area contributed by atoms with Crippen LogP contribution in [0.1, 0.15) is 18.0 Å². The maximum absolute atomic E-state index is 12.3. The number of hydrazine groups is 1. The summed E-state index contributed by atoms with van der Waals surface area (Å²) >= 11 is 0. The molecule has 0 saturated carbocycles. The number of nitrogens with zero attached hydrogens (tertiary/aromatic N) is 1. The number of nitrogens with one attached hydrogen (secondary N) is 3. The van der Waals surface area contributed by atoms with Crippen molar-refractivity contribution in [2.24, 2.45) is 0 Å². The van der Waals surface area contributed by atoms with Crippen LogP contribution in [0.2, 0.25) is 0 Å². The van der Waals surface area contributed by atoms with Crippen molar-refractivity contribution < 1.29 is 9.72 Å². The molecule has 0 radical (unpaired) electrons. The van der Waals surface area contributed by atoms with Crippen molar-refractivity contribution >= 4 is 17.3 Å². The van der Waals surface area contributed by atoms with Crippen LogP contribution in [0.25, 0.3) is 0 Å². The summed E-state index contributed by atoms with van der Waals surface area (Å²) in [5.41, 5.74) is 7.74. The molecule has 1 amide bonds. The fraction of sp³-hybridized carbons (Fsp3) is 0.188. The molecule has 2 aromatic carbocycles. The predicted octanol–water partition coefficient (Wildman–Crippen LogP) is 2.14. The van der Waals surface area contributed by atoms with Crippen molar-refractivity contribution in [3.05, 3.63) is 70.3 Å². The number of hydrogen-bond donors (Lipinski definition) is 3. The number of nitro groups is 1. The first-order chi connectivity index (χ1) is 11.1. The summed E-state index contributed by atoms with van der Waals surface area (Å²) in [4.78, 5) is 22.4. The predicted molar refractivity (Wildman–Crippen MR) is 85.6 cm³/mol. The lowest BCUT2D eigenvalue weighted by Crippen LogP contribution is -2.39. The van der Waals surface area contributed by atoms with Crippen molar-refractivity contribution in [1.29, 1.82) is 0 Å². The lowest BCUT2D eigenvalue weighted by molar-refractivity contribution is -0.384. The van der Waals surface area contributed by atoms with E-state index in [-0.39, 0.29) is 23.7 Å². The standard InChI is InChI=1S/C16H16N4O3/c21-16(17-12-6-8-13(9-7-12)20(22)23)15-10-14(18-19-15)11-4-2-1-3-5-11/h1-9,14-15,18-19H,10H2,(H,17,21). The van der Waals surface area contributed by atoms with Crippen LogP contribution < -0.4 is 16.2 Å². The Labute approximate surface area is 132 Å². The van der Waals surface area contributed by atoms with E-state index in [0.717, 1.165) is 5.56 Å². The van der Waals surface area contributed by atoms with E-state index in [1.54, 1.807) is 0 Å². The quantitative estimate of drug-likeness (QED) is 0.594. The van der Waals surface area contributed by atoms with E-state index in [4.69, 9.17) is 0 Å². The number of rotatable bonds is 4. The van der Waals surface area contributed by atoms with Gasteiger partial charge in [-0.15, -0.1) is 0 Å². The summed E-state index contributed by atoms with van der Waals surface area (Å²) in [6.07, 6.45) is 0.628. The second-order valence-corrected chi connectivity index (χ2v) is 5.33. The monoisotopic (exact) mass is 312 g/mol. The van der Waals surface area contributed by atoms with Gasteiger partial charge in [0.25, 0.3) is 5.69 Å². The highest BCUT2D eigenvalue weighted by molar-refractivity contribution is 5.95. The highest BCUT2D eigenvalue weighted by atomic mass is 16.6. The molecule has 0 aromatic heterocycles. The average Bonchev–Trinajstić information content (AvgIpc) is 3.06. The summed E-state index contributed by atoms with van der Waals surface area (Å²) < 4.78 is 0. The maximum Gasteiger partial charge on any atom is 0.269 e. The zero-order valence-corrected chi connectivity index (χ0v) is 12.2. The molecule has 2 unspecified atom stereocenters. The number of carbonyl (C=O) groups excluding carboxylic acids is 1. The molecule has 2 aromatic rings. The highest BCUT2D eigenvalue weighted by Gasteiger charge is 2.30. The van der Waals surface area contributed by atoms with Gasteiger partial charge in [-0.05, 0) is 24.1 Å². The summed E-state index contributed by atoms with van der Waals surface area (Å²) in [6.45, 7) is 0. The lowest BCUT2D eigenvalue weighted by Gasteiger charge is -2.10. The van der Waals surface area contributed by atoms with Gasteiger partial charge >= 0.3 is 0 Å². The maximum atomic E-state index is 12.3. The number of non-ortho nitro benzene ring substituents is 1. The molecule has 23 heavy (non-hydrogen) atoms. The van der Waals surface area contributed by atoms with Gasteiger partial charge in [0.2, 0.25) is 5.91 Å². The number of carbonyl (C=O) groups is 1. The van der Waals surface area contributed by atoms with E-state index in [0.29, 0.717) is 12.1 Å². The third kappa shape index (κ3) is 3.53. The van der Waals surface area contributed by atoms with Crippen LogP contribution in [-0.4, -0.2) is 16.9 Å². The second-order valence-electron chi connectivity index (χ2n) is 5.33. The third-order valence-corrected chi connectivity index (χ3v) is 3.77. The van der Waals surface area contributed by atoms with Crippen LogP contribution in [0.5, 0.6) is 0 Å². The van der Waals surface area contributed by atoms with Crippen molar-refractivity contribution in [1.82, 2.24) is 10.9 Å². The molecule has 2 atom stereocenters. The third-order valence-electron chi connectivity index (χ3n) is 3.77. The van der Waals surface area contributed by atoms with E-state index in [1.807, 2.05) is 30.3 Å². The van der Waals surface area contributed by atoms with Gasteiger partial charge in [-0.3, -0.25) is 14.9 Å². The number of amides is 1. The van der Waals surface area contributed by atoms with Gasteiger partial charge < -0.3 is 5.32 Å². The first kappa shape index (κ1) is 15.1. The minimum Gasteiger partial charge on any atom is -0.325 e. The Bertz CT molecular complexity index is 703. The lowest BCUT2D eigenvalue weighted by atomic mass is 10.0. The number of anilines is 1. The van der Waals surface area contributed by atoms with Crippen molar-refractivity contribution in [2.75, 3.05) is 5.32 Å². The van der Waals surface area contributed by atoms with Crippen molar-refractivity contribution in [2.45, 2.75) is 18.5 Å². The van der Waals surface area contributed by atoms with E-state index >= 15 is 0 Å². The van der Waals surface area contributed by atoms with Crippen LogP contribution in [-0.2, 0) is 4.79 Å². The van der Waals surface area contributed by atoms with Gasteiger partial charge in [-0.25, -0.2) is 10.9 Å². The minimum absolute atomic E-state index is 0.00667. The molecule has 7 heteroatoms. The summed E-state index contributed by atoms with van der Waals surface area (Å²) in [7, 11) is 0. The van der Waals surface area contributed by atoms with Crippen molar-refractivity contribution in [3.63, 3.8) is 0 Å². The van der Waals surface area contributed by atoms with Crippen LogP contribution in [0.15, 0.2) is 54.6 Å². The number of benzene rings is 2. The molecule has 1 aliphatic rings. The molecule has 1 fully saturated rings. The van der Waals surface area contributed by atoms with Gasteiger partial charge in [0.05, 0.1) is 4.92 Å². The minimum atomic E-state index is -0.474. The Morgan fingerprint density at radius 3 is 2.43 bits per heavy atom. The largest absolute Gasteiger partial charge is 0.325 e. The molecule has 3 N–H and O–H groups in total. The van der Waals surface area contributed by atoms with E-state index in [1.165, 1.54) is 24.3 Å². The fourth-order valence-corrected chi connectivity index (χ4v) is 2.53. The zero-order chi connectivity index (χ0) is 16.2. The summed E-state index contributed by atoms with van der Waals surface area (Å²) in [5, 5.41) is 13.4. The molecule has 0 aliphatic carbocycles. The van der Waals surface area contributed by atoms with Crippen LogP contribution in [0, 0.1) is 10.1 Å². The van der Waals surface area contributed by atoms with Crippen molar-refractivity contribution in [3.8, 4) is 0 Å². The Kier molecular flexibility index (Phi) is 4.31. The fourth-order valence-electron chi connectivity index (χ4n) is 2.53. The molecule has 1 saturated heterocycles. The molecule has 0 bridgehead atoms. The van der Waals surface area contributed by atoms with Gasteiger partial charge in [-0.1, -0.05) is 30.3 Å². The zero-order valence-electron chi connectivity index (χ0n) is 12.2. The molecular formula is C16H16N4O3. The highest BCUT2D eigenvalue weighted by Crippen LogP contribution is 2.23. The number of hydrogen-bond acceptors (Lipinski definition) is 5. The average molecular weight is 312 g/mol. The molecule has 3 rings (SSSR count).